The summed E-state index contributed by atoms with van der Waals surface area (Å²) >= 11 is 0. The number of hydrogen-bond donors (Lipinski definition) is 0. The van der Waals surface area contributed by atoms with E-state index < -0.39 is 0 Å². The summed E-state index contributed by atoms with van der Waals surface area (Å²) in [5.41, 5.74) is 0. The SMILES string of the molecule is CCC/C=C/C=C/C(=O)CC. The summed E-state index contributed by atoms with van der Waals surface area (Å²) in [4.78, 5) is 10.7. The molecule has 0 spiro atoms. The largest absolute Gasteiger partial charge is 0.295 e. The fraction of sp³-hybridized carbons (Fsp3) is 0.500. The molecule has 0 aromatic heterocycles. The van der Waals surface area contributed by atoms with Gasteiger partial charge in [0.25, 0.3) is 0 Å². The van der Waals surface area contributed by atoms with Gasteiger partial charge in [0, 0.05) is 6.42 Å². The Hall–Kier alpha value is -0.850. The van der Waals surface area contributed by atoms with Crippen molar-refractivity contribution in [2.75, 3.05) is 0 Å². The number of hydrogen-bond acceptors (Lipinski definition) is 1. The van der Waals surface area contributed by atoms with Crippen molar-refractivity contribution in [3.63, 3.8) is 0 Å². The number of ketones is 1. The molecule has 0 aromatic carbocycles. The lowest BCUT2D eigenvalue weighted by molar-refractivity contribution is -0.114. The average Bonchev–Trinajstić information content (AvgIpc) is 2.04. The van der Waals surface area contributed by atoms with Crippen LogP contribution in [-0.2, 0) is 4.79 Å². The third kappa shape index (κ3) is 7.04. The Labute approximate surface area is 68.8 Å². The molecule has 0 aliphatic heterocycles. The van der Waals surface area contributed by atoms with E-state index in [0.717, 1.165) is 12.8 Å². The molecule has 0 N–H and O–H groups in total. The zero-order valence-electron chi connectivity index (χ0n) is 7.34. The zero-order valence-corrected chi connectivity index (χ0v) is 7.34. The molecule has 0 aliphatic carbocycles. The molecule has 0 radical (unpaired) electrons. The first-order valence-corrected chi connectivity index (χ1v) is 4.17. The van der Waals surface area contributed by atoms with E-state index in [1.54, 1.807) is 6.08 Å². The minimum Gasteiger partial charge on any atom is -0.295 e. The van der Waals surface area contributed by atoms with Gasteiger partial charge in [0.05, 0.1) is 0 Å². The summed E-state index contributed by atoms with van der Waals surface area (Å²) in [6, 6.07) is 0. The van der Waals surface area contributed by atoms with E-state index in [1.807, 2.05) is 19.1 Å². The second-order valence-electron chi connectivity index (χ2n) is 2.40. The lowest BCUT2D eigenvalue weighted by Crippen LogP contribution is -1.85. The Morgan fingerprint density at radius 3 is 2.55 bits per heavy atom. The molecule has 0 fully saturated rings. The third-order valence-corrected chi connectivity index (χ3v) is 1.33. The van der Waals surface area contributed by atoms with E-state index in [0.29, 0.717) is 6.42 Å². The molecule has 1 nitrogen and oxygen atoms in total. The highest BCUT2D eigenvalue weighted by atomic mass is 16.1. The second-order valence-corrected chi connectivity index (χ2v) is 2.40. The second kappa shape index (κ2) is 7.26. The van der Waals surface area contributed by atoms with Gasteiger partial charge in [-0.25, -0.2) is 0 Å². The molecular formula is C10H16O. The van der Waals surface area contributed by atoms with Crippen molar-refractivity contribution in [2.45, 2.75) is 33.1 Å². The quantitative estimate of drug-likeness (QED) is 0.437. The highest BCUT2D eigenvalue weighted by Gasteiger charge is 1.85. The van der Waals surface area contributed by atoms with Crippen LogP contribution in [0.3, 0.4) is 0 Å². The van der Waals surface area contributed by atoms with Crippen LogP contribution >= 0.6 is 0 Å². The van der Waals surface area contributed by atoms with Gasteiger partial charge in [0.1, 0.15) is 0 Å². The van der Waals surface area contributed by atoms with Gasteiger partial charge in [-0.1, -0.05) is 38.5 Å². The van der Waals surface area contributed by atoms with Crippen molar-refractivity contribution < 1.29 is 4.79 Å². The Kier molecular flexibility index (Phi) is 6.70. The molecule has 0 unspecified atom stereocenters. The lowest BCUT2D eigenvalue weighted by atomic mass is 10.2. The summed E-state index contributed by atoms with van der Waals surface area (Å²) in [6.07, 6.45) is 10.3. The van der Waals surface area contributed by atoms with E-state index in [1.165, 1.54) is 0 Å². The Morgan fingerprint density at radius 1 is 1.27 bits per heavy atom. The molecule has 1 heteroatoms. The molecule has 0 aromatic rings. The number of carbonyl (C=O) groups is 1. The van der Waals surface area contributed by atoms with Gasteiger partial charge >= 0.3 is 0 Å². The molecule has 11 heavy (non-hydrogen) atoms. The first-order chi connectivity index (χ1) is 5.31. The van der Waals surface area contributed by atoms with Crippen molar-refractivity contribution in [3.8, 4) is 0 Å². The van der Waals surface area contributed by atoms with Gasteiger partial charge in [0.2, 0.25) is 0 Å². The van der Waals surface area contributed by atoms with Crippen LogP contribution in [0.15, 0.2) is 24.3 Å². The van der Waals surface area contributed by atoms with Crippen LogP contribution in [0.2, 0.25) is 0 Å². The summed E-state index contributed by atoms with van der Waals surface area (Å²) < 4.78 is 0. The zero-order chi connectivity index (χ0) is 8.53. The van der Waals surface area contributed by atoms with Gasteiger partial charge in [-0.3, -0.25) is 4.79 Å². The van der Waals surface area contributed by atoms with Crippen molar-refractivity contribution in [2.24, 2.45) is 0 Å². The van der Waals surface area contributed by atoms with Crippen molar-refractivity contribution in [1.82, 2.24) is 0 Å². The van der Waals surface area contributed by atoms with Crippen molar-refractivity contribution >= 4 is 5.78 Å². The molecule has 0 atom stereocenters. The monoisotopic (exact) mass is 152 g/mol. The van der Waals surface area contributed by atoms with Crippen LogP contribution in [0.4, 0.5) is 0 Å². The van der Waals surface area contributed by atoms with E-state index in [2.05, 4.69) is 13.0 Å². The van der Waals surface area contributed by atoms with Crippen molar-refractivity contribution in [3.05, 3.63) is 24.3 Å². The molecule has 62 valence electrons. The molecular weight excluding hydrogens is 136 g/mol. The Bertz CT molecular complexity index is 154. The highest BCUT2D eigenvalue weighted by Crippen LogP contribution is 1.89. The van der Waals surface area contributed by atoms with Crippen LogP contribution in [0.1, 0.15) is 33.1 Å². The topological polar surface area (TPSA) is 17.1 Å². The maximum Gasteiger partial charge on any atom is 0.155 e. The maximum absolute atomic E-state index is 10.7. The van der Waals surface area contributed by atoms with Crippen LogP contribution in [0, 0.1) is 0 Å². The van der Waals surface area contributed by atoms with Gasteiger partial charge < -0.3 is 0 Å². The fourth-order valence-electron chi connectivity index (χ4n) is 0.622. The molecule has 0 saturated heterocycles. The van der Waals surface area contributed by atoms with E-state index in [9.17, 15) is 4.79 Å². The number of unbranched alkanes of at least 4 members (excludes halogenated alkanes) is 1. The van der Waals surface area contributed by atoms with Crippen LogP contribution in [0.5, 0.6) is 0 Å². The first-order valence-electron chi connectivity index (χ1n) is 4.17. The average molecular weight is 152 g/mol. The maximum atomic E-state index is 10.7. The van der Waals surface area contributed by atoms with Gasteiger partial charge in [0.15, 0.2) is 5.78 Å². The fourth-order valence-corrected chi connectivity index (χ4v) is 0.622. The summed E-state index contributed by atoms with van der Waals surface area (Å²) in [7, 11) is 0. The molecule has 0 heterocycles. The highest BCUT2D eigenvalue weighted by molar-refractivity contribution is 5.89. The molecule has 0 rings (SSSR count). The molecule has 0 aliphatic rings. The minimum atomic E-state index is 0.186. The summed E-state index contributed by atoms with van der Waals surface area (Å²) in [5, 5.41) is 0. The minimum absolute atomic E-state index is 0.186. The van der Waals surface area contributed by atoms with E-state index in [-0.39, 0.29) is 5.78 Å². The van der Waals surface area contributed by atoms with Crippen LogP contribution in [0.25, 0.3) is 0 Å². The lowest BCUT2D eigenvalue weighted by Gasteiger charge is -1.82. The van der Waals surface area contributed by atoms with Crippen LogP contribution < -0.4 is 0 Å². The molecule has 0 amide bonds. The van der Waals surface area contributed by atoms with E-state index >= 15 is 0 Å². The number of allylic oxidation sites excluding steroid dienone is 4. The Morgan fingerprint density at radius 2 is 2.00 bits per heavy atom. The van der Waals surface area contributed by atoms with Gasteiger partial charge in [-0.2, -0.15) is 0 Å². The molecule has 0 saturated carbocycles. The Balaban J connectivity index is 3.50. The van der Waals surface area contributed by atoms with Crippen molar-refractivity contribution in [1.29, 1.82) is 0 Å². The third-order valence-electron chi connectivity index (χ3n) is 1.33. The predicted octanol–water partition coefficient (Wildman–Crippen LogP) is 2.88. The standard InChI is InChI=1S/C10H16O/c1-3-5-6-7-8-9-10(11)4-2/h6-9H,3-5H2,1-2H3/b7-6+,9-8+. The van der Waals surface area contributed by atoms with Gasteiger partial charge in [-0.15, -0.1) is 0 Å². The van der Waals surface area contributed by atoms with Gasteiger partial charge in [-0.05, 0) is 12.5 Å². The first kappa shape index (κ1) is 10.2. The number of carbonyl (C=O) groups excluding carboxylic acids is 1. The van der Waals surface area contributed by atoms with Crippen LogP contribution in [-0.4, -0.2) is 5.78 Å². The summed E-state index contributed by atoms with van der Waals surface area (Å²) in [6.45, 7) is 3.99. The molecule has 0 bridgehead atoms. The smallest absolute Gasteiger partial charge is 0.155 e. The normalized spacial score (nSPS) is 11.5. The summed E-state index contributed by atoms with van der Waals surface area (Å²) in [5.74, 6) is 0.186. The van der Waals surface area contributed by atoms with E-state index in [4.69, 9.17) is 0 Å². The predicted molar refractivity (Wildman–Crippen MR) is 48.5 cm³/mol. The number of rotatable bonds is 5.